The van der Waals surface area contributed by atoms with Gasteiger partial charge in [-0.15, -0.1) is 0 Å². The van der Waals surface area contributed by atoms with Crippen molar-refractivity contribution in [1.29, 1.82) is 5.26 Å². The molecule has 1 aromatic heterocycles. The van der Waals surface area contributed by atoms with Gasteiger partial charge in [-0.25, -0.2) is 4.39 Å². The minimum Gasteiger partial charge on any atom is -0.473 e. The molecule has 3 heterocycles. The van der Waals surface area contributed by atoms with Gasteiger partial charge in [-0.3, -0.25) is 0 Å². The summed E-state index contributed by atoms with van der Waals surface area (Å²) < 4.78 is 19.6. The zero-order valence-corrected chi connectivity index (χ0v) is 13.8. The van der Waals surface area contributed by atoms with Crippen LogP contribution >= 0.6 is 0 Å². The van der Waals surface area contributed by atoms with Crippen LogP contribution in [0.25, 0.3) is 0 Å². The number of ether oxygens (including phenoxy) is 1. The number of fused-ring (bicyclic) bond motifs is 1. The molecule has 1 aromatic carbocycles. The molecular formula is C19H19FN4O. The van der Waals surface area contributed by atoms with Crippen LogP contribution in [0.2, 0.25) is 0 Å². The van der Waals surface area contributed by atoms with Gasteiger partial charge < -0.3 is 15.0 Å². The summed E-state index contributed by atoms with van der Waals surface area (Å²) in [6.45, 7) is 4.27. The fraction of sp³-hybridized carbons (Fsp3) is 0.368. The monoisotopic (exact) mass is 338 g/mol. The van der Waals surface area contributed by atoms with Crippen molar-refractivity contribution < 1.29 is 9.13 Å². The topological polar surface area (TPSA) is 61.2 Å². The summed E-state index contributed by atoms with van der Waals surface area (Å²) in [5, 5.41) is 12.2. The molecule has 0 aliphatic carbocycles. The molecule has 0 spiro atoms. The lowest BCUT2D eigenvalue weighted by Crippen LogP contribution is -2.26. The molecular weight excluding hydrogens is 319 g/mol. The standard InChI is InChI=1S/C19H19FN4O/c20-17-6-13(7-21)4-5-14(17)12-25-19-3-1-2-18(23-19)24-10-15-8-22-9-16(15)11-24/h1-6,15-16,22H,8-12H2/t15-,16+. The minimum absolute atomic E-state index is 0.0865. The summed E-state index contributed by atoms with van der Waals surface area (Å²) in [5.74, 6) is 2.34. The second-order valence-electron chi connectivity index (χ2n) is 6.62. The van der Waals surface area contributed by atoms with Gasteiger partial charge in [0.2, 0.25) is 5.88 Å². The zero-order chi connectivity index (χ0) is 17.2. The van der Waals surface area contributed by atoms with Crippen molar-refractivity contribution in [3.05, 3.63) is 53.3 Å². The van der Waals surface area contributed by atoms with E-state index >= 15 is 0 Å². The zero-order valence-electron chi connectivity index (χ0n) is 13.8. The minimum atomic E-state index is -0.435. The summed E-state index contributed by atoms with van der Waals surface area (Å²) in [6.07, 6.45) is 0. The molecule has 0 saturated carbocycles. The van der Waals surface area contributed by atoms with Crippen molar-refractivity contribution in [3.63, 3.8) is 0 Å². The largest absolute Gasteiger partial charge is 0.473 e. The van der Waals surface area contributed by atoms with E-state index < -0.39 is 5.82 Å². The number of halogens is 1. The molecule has 1 N–H and O–H groups in total. The van der Waals surface area contributed by atoms with E-state index in [1.54, 1.807) is 18.2 Å². The van der Waals surface area contributed by atoms with Gasteiger partial charge in [0.1, 0.15) is 18.2 Å². The van der Waals surface area contributed by atoms with Crippen LogP contribution in [0.3, 0.4) is 0 Å². The Bertz CT molecular complexity index is 807. The Morgan fingerprint density at radius 2 is 2.04 bits per heavy atom. The normalized spacial score (nSPS) is 21.8. The van der Waals surface area contributed by atoms with E-state index in [4.69, 9.17) is 10.00 Å². The SMILES string of the molecule is N#Cc1ccc(COc2cccc(N3C[C@H]4CNC[C@H]4C3)n2)c(F)c1. The van der Waals surface area contributed by atoms with Gasteiger partial charge in [-0.05, 0) is 30.0 Å². The van der Waals surface area contributed by atoms with Gasteiger partial charge in [0.25, 0.3) is 0 Å². The van der Waals surface area contributed by atoms with Gasteiger partial charge in [-0.1, -0.05) is 12.1 Å². The van der Waals surface area contributed by atoms with Crippen LogP contribution in [0.5, 0.6) is 5.88 Å². The summed E-state index contributed by atoms with van der Waals surface area (Å²) in [6, 6.07) is 12.0. The highest BCUT2D eigenvalue weighted by atomic mass is 19.1. The van der Waals surface area contributed by atoms with E-state index in [9.17, 15) is 4.39 Å². The lowest BCUT2D eigenvalue weighted by Gasteiger charge is -2.19. The van der Waals surface area contributed by atoms with Crippen LogP contribution in [0.1, 0.15) is 11.1 Å². The van der Waals surface area contributed by atoms with Gasteiger partial charge in [0.15, 0.2) is 0 Å². The highest BCUT2D eigenvalue weighted by Crippen LogP contribution is 2.30. The maximum Gasteiger partial charge on any atom is 0.215 e. The Labute approximate surface area is 146 Å². The van der Waals surface area contributed by atoms with Crippen molar-refractivity contribution in [2.45, 2.75) is 6.61 Å². The predicted molar refractivity (Wildman–Crippen MR) is 91.7 cm³/mol. The lowest BCUT2D eigenvalue weighted by molar-refractivity contribution is 0.288. The number of rotatable bonds is 4. The number of anilines is 1. The fourth-order valence-corrected chi connectivity index (χ4v) is 3.59. The third kappa shape index (κ3) is 3.28. The molecule has 0 amide bonds. The highest BCUT2D eigenvalue weighted by molar-refractivity contribution is 5.42. The van der Waals surface area contributed by atoms with E-state index in [0.29, 0.717) is 28.8 Å². The van der Waals surface area contributed by atoms with E-state index in [1.165, 1.54) is 6.07 Å². The Balaban J connectivity index is 1.43. The van der Waals surface area contributed by atoms with Crippen LogP contribution in [-0.4, -0.2) is 31.2 Å². The van der Waals surface area contributed by atoms with E-state index in [2.05, 4.69) is 15.2 Å². The lowest BCUT2D eigenvalue weighted by atomic mass is 10.0. The number of pyridine rings is 1. The van der Waals surface area contributed by atoms with Crippen molar-refractivity contribution in [1.82, 2.24) is 10.3 Å². The van der Waals surface area contributed by atoms with Crippen molar-refractivity contribution in [2.24, 2.45) is 11.8 Å². The predicted octanol–water partition coefficient (Wildman–Crippen LogP) is 2.33. The number of hydrogen-bond donors (Lipinski definition) is 1. The maximum atomic E-state index is 13.9. The molecule has 128 valence electrons. The molecule has 2 aliphatic rings. The Morgan fingerprint density at radius 1 is 1.24 bits per heavy atom. The van der Waals surface area contributed by atoms with Crippen LogP contribution in [0.4, 0.5) is 10.2 Å². The summed E-state index contributed by atoms with van der Waals surface area (Å²) in [7, 11) is 0. The van der Waals surface area contributed by atoms with Crippen molar-refractivity contribution >= 4 is 5.82 Å². The second kappa shape index (κ2) is 6.69. The Morgan fingerprint density at radius 3 is 2.76 bits per heavy atom. The number of benzene rings is 1. The quantitative estimate of drug-likeness (QED) is 0.927. The first kappa shape index (κ1) is 15.9. The summed E-state index contributed by atoms with van der Waals surface area (Å²) in [4.78, 5) is 6.87. The molecule has 0 bridgehead atoms. The van der Waals surface area contributed by atoms with Crippen LogP contribution in [0, 0.1) is 29.0 Å². The summed E-state index contributed by atoms with van der Waals surface area (Å²) >= 11 is 0. The van der Waals surface area contributed by atoms with E-state index in [-0.39, 0.29) is 6.61 Å². The number of nitrogens with one attached hydrogen (secondary N) is 1. The molecule has 4 rings (SSSR count). The van der Waals surface area contributed by atoms with Crippen LogP contribution < -0.4 is 15.0 Å². The third-order valence-electron chi connectivity index (χ3n) is 4.98. The molecule has 0 radical (unpaired) electrons. The van der Waals surface area contributed by atoms with Gasteiger partial charge in [-0.2, -0.15) is 10.2 Å². The number of nitrogens with zero attached hydrogens (tertiary/aromatic N) is 3. The molecule has 2 fully saturated rings. The molecule has 2 aromatic rings. The first-order valence-corrected chi connectivity index (χ1v) is 8.47. The van der Waals surface area contributed by atoms with Gasteiger partial charge in [0.05, 0.1) is 11.6 Å². The third-order valence-corrected chi connectivity index (χ3v) is 4.98. The average Bonchev–Trinajstić information content (AvgIpc) is 3.23. The smallest absolute Gasteiger partial charge is 0.215 e. The molecule has 25 heavy (non-hydrogen) atoms. The molecule has 2 saturated heterocycles. The van der Waals surface area contributed by atoms with E-state index in [0.717, 1.165) is 32.0 Å². The van der Waals surface area contributed by atoms with Crippen LogP contribution in [0.15, 0.2) is 36.4 Å². The Hall–Kier alpha value is -2.65. The molecule has 2 atom stereocenters. The molecule has 0 unspecified atom stereocenters. The number of aromatic nitrogens is 1. The number of hydrogen-bond acceptors (Lipinski definition) is 5. The molecule has 6 heteroatoms. The fourth-order valence-electron chi connectivity index (χ4n) is 3.59. The van der Waals surface area contributed by atoms with Gasteiger partial charge in [0, 0.05) is 37.8 Å². The second-order valence-corrected chi connectivity index (χ2v) is 6.62. The van der Waals surface area contributed by atoms with E-state index in [1.807, 2.05) is 18.2 Å². The first-order valence-electron chi connectivity index (χ1n) is 8.47. The van der Waals surface area contributed by atoms with Crippen molar-refractivity contribution in [2.75, 3.05) is 31.1 Å². The van der Waals surface area contributed by atoms with Gasteiger partial charge >= 0.3 is 0 Å². The Kier molecular flexibility index (Phi) is 4.24. The highest BCUT2D eigenvalue weighted by Gasteiger charge is 2.36. The maximum absolute atomic E-state index is 13.9. The number of nitriles is 1. The molecule has 5 nitrogen and oxygen atoms in total. The molecule has 2 aliphatic heterocycles. The van der Waals surface area contributed by atoms with Crippen molar-refractivity contribution in [3.8, 4) is 11.9 Å². The first-order chi connectivity index (χ1) is 12.2. The summed E-state index contributed by atoms with van der Waals surface area (Å²) in [5.41, 5.74) is 0.712. The van der Waals surface area contributed by atoms with Crippen LogP contribution in [-0.2, 0) is 6.61 Å². The average molecular weight is 338 g/mol.